The molecule has 1 saturated heterocycles. The van der Waals surface area contributed by atoms with Crippen molar-refractivity contribution in [1.29, 1.82) is 0 Å². The fourth-order valence-electron chi connectivity index (χ4n) is 5.80. The highest BCUT2D eigenvalue weighted by Gasteiger charge is 2.49. The first-order valence-corrected chi connectivity index (χ1v) is 9.76. The number of methoxy groups -OCH3 is 1. The van der Waals surface area contributed by atoms with Gasteiger partial charge in [-0.1, -0.05) is 18.2 Å². The number of benzene rings is 1. The molecule has 2 fully saturated rings. The number of rotatable bonds is 1. The number of para-hydroxylation sites is 1. The van der Waals surface area contributed by atoms with Crippen molar-refractivity contribution in [3.63, 3.8) is 0 Å². The molecule has 0 unspecified atom stereocenters. The quantitative estimate of drug-likeness (QED) is 0.734. The van der Waals surface area contributed by atoms with Gasteiger partial charge in [-0.2, -0.15) is 0 Å². The Labute approximate surface area is 165 Å². The summed E-state index contributed by atoms with van der Waals surface area (Å²) in [6.45, 7) is 2.10. The molecule has 0 radical (unpaired) electrons. The summed E-state index contributed by atoms with van der Waals surface area (Å²) in [5.74, 6) is 0.0541. The lowest BCUT2D eigenvalue weighted by molar-refractivity contribution is -0.160. The van der Waals surface area contributed by atoms with Gasteiger partial charge in [0.2, 0.25) is 0 Å². The second kappa shape index (κ2) is 7.12. The number of ether oxygens (including phenoxy) is 1. The number of esters is 1. The van der Waals surface area contributed by atoms with E-state index in [9.17, 15) is 9.90 Å². The Morgan fingerprint density at radius 3 is 2.93 bits per heavy atom. The smallest absolute Gasteiger partial charge is 0.311 e. The molecule has 2 N–H and O–H groups in total. The van der Waals surface area contributed by atoms with Crippen LogP contribution in [0.2, 0.25) is 0 Å². The second-order valence-corrected chi connectivity index (χ2v) is 8.18. The highest BCUT2D eigenvalue weighted by atomic mass is 35.5. The van der Waals surface area contributed by atoms with E-state index in [1.54, 1.807) is 0 Å². The number of nitrogens with zero attached hydrogens (tertiary/aromatic N) is 1. The van der Waals surface area contributed by atoms with Gasteiger partial charge in [0.05, 0.1) is 25.2 Å². The van der Waals surface area contributed by atoms with Crippen molar-refractivity contribution in [2.45, 2.75) is 37.8 Å². The zero-order valence-electron chi connectivity index (χ0n) is 15.6. The maximum absolute atomic E-state index is 12.4. The van der Waals surface area contributed by atoms with Gasteiger partial charge in [0.15, 0.2) is 0 Å². The number of nitrogens with one attached hydrogen (secondary N) is 1. The number of piperidine rings is 1. The molecule has 5 atom stereocenters. The average molecular weight is 391 g/mol. The van der Waals surface area contributed by atoms with Crippen LogP contribution in [0.4, 0.5) is 0 Å². The number of carbonyl (C=O) groups is 1. The average Bonchev–Trinajstić information content (AvgIpc) is 3.05. The summed E-state index contributed by atoms with van der Waals surface area (Å²) >= 11 is 0. The molecule has 2 aromatic rings. The first-order valence-electron chi connectivity index (χ1n) is 9.76. The summed E-state index contributed by atoms with van der Waals surface area (Å²) in [4.78, 5) is 18.6. The third-order valence-corrected chi connectivity index (χ3v) is 7.02. The summed E-state index contributed by atoms with van der Waals surface area (Å²) in [7, 11) is 1.43. The molecule has 5 rings (SSSR count). The van der Waals surface area contributed by atoms with E-state index in [4.69, 9.17) is 4.74 Å². The molecule has 0 spiro atoms. The molecule has 146 valence electrons. The monoisotopic (exact) mass is 390 g/mol. The van der Waals surface area contributed by atoms with Crippen LogP contribution >= 0.6 is 12.4 Å². The van der Waals surface area contributed by atoms with Crippen LogP contribution in [0.1, 0.15) is 36.6 Å². The molecule has 3 heterocycles. The van der Waals surface area contributed by atoms with Gasteiger partial charge < -0.3 is 14.8 Å². The van der Waals surface area contributed by atoms with Crippen molar-refractivity contribution in [3.05, 3.63) is 35.5 Å². The molecule has 6 heteroatoms. The third kappa shape index (κ3) is 2.87. The van der Waals surface area contributed by atoms with E-state index >= 15 is 0 Å². The highest BCUT2D eigenvalue weighted by molar-refractivity contribution is 5.85. The Morgan fingerprint density at radius 1 is 1.30 bits per heavy atom. The van der Waals surface area contributed by atoms with Crippen LogP contribution in [0.25, 0.3) is 10.9 Å². The number of aliphatic hydroxyl groups excluding tert-OH is 1. The summed E-state index contributed by atoms with van der Waals surface area (Å²) in [5, 5.41) is 11.8. The number of fused-ring (bicyclic) bond motifs is 6. The van der Waals surface area contributed by atoms with Gasteiger partial charge in [-0.3, -0.25) is 9.69 Å². The van der Waals surface area contributed by atoms with Crippen molar-refractivity contribution in [1.82, 2.24) is 9.88 Å². The highest BCUT2D eigenvalue weighted by Crippen LogP contribution is 2.49. The van der Waals surface area contributed by atoms with Gasteiger partial charge in [0.1, 0.15) is 0 Å². The summed E-state index contributed by atoms with van der Waals surface area (Å²) in [6.07, 6.45) is 3.14. The van der Waals surface area contributed by atoms with E-state index in [1.807, 2.05) is 0 Å². The first kappa shape index (κ1) is 18.8. The van der Waals surface area contributed by atoms with E-state index in [-0.39, 0.29) is 30.2 Å². The molecular formula is C21H27ClN2O3. The normalized spacial score (nSPS) is 32.7. The molecule has 1 aromatic carbocycles. The van der Waals surface area contributed by atoms with Crippen molar-refractivity contribution in [2.75, 3.05) is 20.2 Å². The lowest BCUT2D eigenvalue weighted by Gasteiger charge is -2.50. The summed E-state index contributed by atoms with van der Waals surface area (Å²) < 4.78 is 5.04. The number of aromatic nitrogens is 1. The van der Waals surface area contributed by atoms with Gasteiger partial charge in [-0.15, -0.1) is 12.4 Å². The number of carbonyl (C=O) groups excluding carboxylic acids is 1. The van der Waals surface area contributed by atoms with E-state index in [1.165, 1.54) is 29.3 Å². The van der Waals surface area contributed by atoms with Crippen LogP contribution < -0.4 is 0 Å². The molecule has 1 saturated carbocycles. The summed E-state index contributed by atoms with van der Waals surface area (Å²) in [5.41, 5.74) is 3.96. The molecule has 2 aliphatic heterocycles. The van der Waals surface area contributed by atoms with Gasteiger partial charge in [-0.05, 0) is 49.1 Å². The second-order valence-electron chi connectivity index (χ2n) is 8.18. The molecule has 27 heavy (non-hydrogen) atoms. The molecular weight excluding hydrogens is 364 g/mol. The van der Waals surface area contributed by atoms with Crippen molar-refractivity contribution < 1.29 is 14.6 Å². The molecule has 0 bridgehead atoms. The largest absolute Gasteiger partial charge is 0.469 e. The number of aliphatic hydroxyl groups is 1. The van der Waals surface area contributed by atoms with Crippen LogP contribution in [0.15, 0.2) is 24.3 Å². The fraction of sp³-hybridized carbons (Fsp3) is 0.571. The minimum atomic E-state index is -0.568. The maximum atomic E-state index is 12.4. The van der Waals surface area contributed by atoms with E-state index < -0.39 is 6.10 Å². The van der Waals surface area contributed by atoms with Crippen molar-refractivity contribution in [2.24, 2.45) is 17.8 Å². The fourth-order valence-corrected chi connectivity index (χ4v) is 5.80. The minimum Gasteiger partial charge on any atom is -0.469 e. The van der Waals surface area contributed by atoms with Crippen LogP contribution in [-0.2, 0) is 16.0 Å². The van der Waals surface area contributed by atoms with Gasteiger partial charge in [-0.25, -0.2) is 0 Å². The Balaban J connectivity index is 0.00000180. The van der Waals surface area contributed by atoms with Gasteiger partial charge in [0, 0.05) is 29.7 Å². The molecule has 1 aliphatic carbocycles. The topological polar surface area (TPSA) is 65.6 Å². The first-order chi connectivity index (χ1) is 12.7. The van der Waals surface area contributed by atoms with E-state index in [2.05, 4.69) is 34.1 Å². The standard InChI is InChI=1S/C21H26N2O3.ClH/c1-26-21(25)19-15-10-17-20-14(13-4-2-3-5-16(13)22-20)8-9-23(17)11-12(15)6-7-18(19)24;/h2-5,12,15,17-19,22,24H,6-11H2,1H3;1H/t12-,15+,17+,18+,19+;/m1./s1. The Hall–Kier alpha value is -1.56. The van der Waals surface area contributed by atoms with E-state index in [0.29, 0.717) is 18.4 Å². The number of hydrogen-bond acceptors (Lipinski definition) is 4. The number of aromatic amines is 1. The van der Waals surface area contributed by atoms with Gasteiger partial charge >= 0.3 is 5.97 Å². The van der Waals surface area contributed by atoms with Crippen LogP contribution in [-0.4, -0.2) is 47.3 Å². The predicted octanol–water partition coefficient (Wildman–Crippen LogP) is 3.07. The van der Waals surface area contributed by atoms with Crippen molar-refractivity contribution in [3.8, 4) is 0 Å². The zero-order chi connectivity index (χ0) is 17.8. The molecule has 3 aliphatic rings. The van der Waals surface area contributed by atoms with E-state index in [0.717, 1.165) is 32.4 Å². The van der Waals surface area contributed by atoms with Crippen LogP contribution in [0.3, 0.4) is 0 Å². The predicted molar refractivity (Wildman–Crippen MR) is 106 cm³/mol. The SMILES string of the molecule is COC(=O)[C@H]1[C@H]2C[C@H]3c4[nH]c5ccccc5c4CCN3C[C@H]2CC[C@@H]1O.Cl. The maximum Gasteiger partial charge on any atom is 0.311 e. The van der Waals surface area contributed by atoms with Crippen LogP contribution in [0, 0.1) is 17.8 Å². The lowest BCUT2D eigenvalue weighted by atomic mass is 9.65. The Kier molecular flexibility index (Phi) is 4.95. The Morgan fingerprint density at radius 2 is 2.11 bits per heavy atom. The van der Waals surface area contributed by atoms with Gasteiger partial charge in [0.25, 0.3) is 0 Å². The number of hydrogen-bond donors (Lipinski definition) is 2. The summed E-state index contributed by atoms with van der Waals surface area (Å²) in [6, 6.07) is 8.83. The zero-order valence-corrected chi connectivity index (χ0v) is 16.4. The lowest BCUT2D eigenvalue weighted by Crippen LogP contribution is -2.53. The Bertz CT molecular complexity index is 851. The minimum absolute atomic E-state index is 0. The van der Waals surface area contributed by atoms with Crippen LogP contribution in [0.5, 0.6) is 0 Å². The molecule has 1 aromatic heterocycles. The van der Waals surface area contributed by atoms with Crippen molar-refractivity contribution >= 4 is 29.3 Å². The number of H-pyrrole nitrogens is 1. The number of halogens is 1. The molecule has 5 nitrogen and oxygen atoms in total. The molecule has 0 amide bonds. The third-order valence-electron chi connectivity index (χ3n) is 7.02.